The Balaban J connectivity index is 3.04. The zero-order valence-corrected chi connectivity index (χ0v) is 11.5. The number of amides is 1. The highest BCUT2D eigenvalue weighted by Crippen LogP contribution is 2.19. The summed E-state index contributed by atoms with van der Waals surface area (Å²) in [7, 11) is 0. The molecule has 1 aromatic heterocycles. The number of halogens is 1. The molecule has 20 heavy (non-hydrogen) atoms. The smallest absolute Gasteiger partial charge is 0.417 e. The van der Waals surface area contributed by atoms with E-state index in [1.807, 2.05) is 0 Å². The zero-order chi connectivity index (χ0) is 15.3. The van der Waals surface area contributed by atoms with Gasteiger partial charge in [-0.25, -0.2) is 14.1 Å². The molecular weight excluding hydrogens is 269 g/mol. The fraction of sp³-hybridized carbons (Fsp3) is 0.500. The van der Waals surface area contributed by atoms with Crippen molar-refractivity contribution in [1.29, 1.82) is 0 Å². The fourth-order valence-corrected chi connectivity index (χ4v) is 1.37. The summed E-state index contributed by atoms with van der Waals surface area (Å²) >= 11 is 0. The molecule has 0 N–H and O–H groups in total. The highest BCUT2D eigenvalue weighted by atomic mass is 19.1. The third-order valence-electron chi connectivity index (χ3n) is 2.11. The van der Waals surface area contributed by atoms with Crippen molar-refractivity contribution in [2.45, 2.75) is 26.4 Å². The van der Waals surface area contributed by atoms with Gasteiger partial charge >= 0.3 is 11.9 Å². The lowest BCUT2D eigenvalue weighted by molar-refractivity contribution is -0.389. The summed E-state index contributed by atoms with van der Waals surface area (Å²) in [5, 5.41) is 10.7. The van der Waals surface area contributed by atoms with Gasteiger partial charge in [0.2, 0.25) is 0 Å². The average molecular weight is 285 g/mol. The summed E-state index contributed by atoms with van der Waals surface area (Å²) in [6, 6.07) is 3.94. The van der Waals surface area contributed by atoms with Gasteiger partial charge < -0.3 is 14.9 Å². The molecule has 0 aliphatic carbocycles. The zero-order valence-electron chi connectivity index (χ0n) is 11.5. The number of aromatic nitrogens is 1. The van der Waals surface area contributed by atoms with Crippen molar-refractivity contribution in [1.82, 2.24) is 4.98 Å². The van der Waals surface area contributed by atoms with Crippen LogP contribution in [0.25, 0.3) is 0 Å². The van der Waals surface area contributed by atoms with Gasteiger partial charge in [0.15, 0.2) is 0 Å². The van der Waals surface area contributed by atoms with Gasteiger partial charge in [-0.05, 0) is 36.7 Å². The number of hydrogen-bond donors (Lipinski definition) is 0. The van der Waals surface area contributed by atoms with Crippen LogP contribution >= 0.6 is 0 Å². The Bertz CT molecular complexity index is 502. The molecule has 0 radical (unpaired) electrons. The molecular formula is C12H16FN3O4. The van der Waals surface area contributed by atoms with Crippen molar-refractivity contribution in [3.05, 3.63) is 28.3 Å². The Hall–Kier alpha value is -2.25. The monoisotopic (exact) mass is 285 g/mol. The van der Waals surface area contributed by atoms with Crippen LogP contribution in [0.1, 0.15) is 20.8 Å². The van der Waals surface area contributed by atoms with Gasteiger partial charge in [-0.1, -0.05) is 0 Å². The van der Waals surface area contributed by atoms with E-state index in [-0.39, 0.29) is 12.4 Å². The van der Waals surface area contributed by atoms with Crippen LogP contribution in [-0.4, -0.2) is 34.8 Å². The fourth-order valence-electron chi connectivity index (χ4n) is 1.37. The Morgan fingerprint density at radius 1 is 1.50 bits per heavy atom. The average Bonchev–Trinajstić information content (AvgIpc) is 2.33. The molecule has 0 spiro atoms. The summed E-state index contributed by atoms with van der Waals surface area (Å²) in [5.41, 5.74) is -0.758. The van der Waals surface area contributed by atoms with Crippen molar-refractivity contribution >= 4 is 17.7 Å². The summed E-state index contributed by atoms with van der Waals surface area (Å²) < 4.78 is 17.7. The van der Waals surface area contributed by atoms with Crippen LogP contribution in [0.3, 0.4) is 0 Å². The first-order chi connectivity index (χ1) is 9.24. The maximum absolute atomic E-state index is 12.6. The van der Waals surface area contributed by atoms with E-state index in [2.05, 4.69) is 4.98 Å². The number of carbonyl (C=O) groups is 1. The van der Waals surface area contributed by atoms with Crippen LogP contribution in [0, 0.1) is 10.1 Å². The molecule has 0 saturated carbocycles. The topological polar surface area (TPSA) is 85.6 Å². The molecule has 1 aromatic rings. The van der Waals surface area contributed by atoms with Gasteiger partial charge in [0, 0.05) is 12.1 Å². The molecule has 0 aliphatic heterocycles. The van der Waals surface area contributed by atoms with Crippen molar-refractivity contribution in [3.8, 4) is 0 Å². The number of rotatable bonds is 4. The number of hydrogen-bond acceptors (Lipinski definition) is 5. The van der Waals surface area contributed by atoms with Crippen molar-refractivity contribution < 1.29 is 18.8 Å². The van der Waals surface area contributed by atoms with Gasteiger partial charge in [0.25, 0.3) is 5.82 Å². The van der Waals surface area contributed by atoms with Crippen LogP contribution in [0.2, 0.25) is 0 Å². The predicted octanol–water partition coefficient (Wildman–Crippen LogP) is 2.70. The second kappa shape index (κ2) is 6.27. The van der Waals surface area contributed by atoms with Crippen molar-refractivity contribution in [2.75, 3.05) is 18.1 Å². The van der Waals surface area contributed by atoms with E-state index in [0.717, 1.165) is 4.90 Å². The van der Waals surface area contributed by atoms with Crippen LogP contribution in [0.4, 0.5) is 20.8 Å². The van der Waals surface area contributed by atoms with E-state index in [1.54, 1.807) is 20.8 Å². The molecule has 1 heterocycles. The number of nitrogens with zero attached hydrogens (tertiary/aromatic N) is 3. The van der Waals surface area contributed by atoms with E-state index < -0.39 is 29.1 Å². The molecule has 0 aliphatic rings. The second-order valence-corrected chi connectivity index (χ2v) is 4.93. The second-order valence-electron chi connectivity index (χ2n) is 4.93. The van der Waals surface area contributed by atoms with Gasteiger partial charge in [0.1, 0.15) is 12.3 Å². The number of alkyl halides is 1. The molecule has 8 heteroatoms. The van der Waals surface area contributed by atoms with E-state index in [9.17, 15) is 19.3 Å². The van der Waals surface area contributed by atoms with Gasteiger partial charge in [-0.2, -0.15) is 0 Å². The number of nitro groups is 1. The van der Waals surface area contributed by atoms with Gasteiger partial charge in [0.05, 0.1) is 6.54 Å². The molecule has 0 fully saturated rings. The minimum absolute atomic E-state index is 0.0221. The molecule has 1 amide bonds. The molecule has 110 valence electrons. The van der Waals surface area contributed by atoms with Crippen LogP contribution < -0.4 is 4.90 Å². The quantitative estimate of drug-likeness (QED) is 0.627. The number of carbonyl (C=O) groups excluding carboxylic acids is 1. The standard InChI is InChI=1S/C12H16FN3O4/c1-12(2,3)20-11(17)15(8-7-13)9-5-4-6-10(14-9)16(18)19/h4-6H,7-8H2,1-3H3. The molecule has 0 unspecified atom stereocenters. The normalized spacial score (nSPS) is 11.0. The Kier molecular flexibility index (Phi) is 4.95. The number of ether oxygens (including phenoxy) is 1. The molecule has 0 bridgehead atoms. The Labute approximate surface area is 115 Å². The van der Waals surface area contributed by atoms with E-state index in [0.29, 0.717) is 0 Å². The van der Waals surface area contributed by atoms with Gasteiger partial charge in [-0.3, -0.25) is 0 Å². The molecule has 0 atom stereocenters. The Morgan fingerprint density at radius 2 is 2.15 bits per heavy atom. The Morgan fingerprint density at radius 3 is 2.65 bits per heavy atom. The highest BCUT2D eigenvalue weighted by molar-refractivity contribution is 5.86. The summed E-state index contributed by atoms with van der Waals surface area (Å²) in [5.74, 6) is -0.444. The minimum atomic E-state index is -0.816. The highest BCUT2D eigenvalue weighted by Gasteiger charge is 2.27. The summed E-state index contributed by atoms with van der Waals surface area (Å²) in [4.78, 5) is 26.6. The molecule has 7 nitrogen and oxygen atoms in total. The van der Waals surface area contributed by atoms with Crippen LogP contribution in [0.15, 0.2) is 18.2 Å². The van der Waals surface area contributed by atoms with Gasteiger partial charge in [-0.15, -0.1) is 0 Å². The van der Waals surface area contributed by atoms with Crippen LogP contribution in [-0.2, 0) is 4.74 Å². The maximum Gasteiger partial charge on any atom is 0.417 e. The lowest BCUT2D eigenvalue weighted by Gasteiger charge is -2.24. The third kappa shape index (κ3) is 4.45. The first-order valence-electron chi connectivity index (χ1n) is 5.92. The van der Waals surface area contributed by atoms with E-state index in [4.69, 9.17) is 4.74 Å². The SMILES string of the molecule is CC(C)(C)OC(=O)N(CCF)c1cccc([N+](=O)[O-])n1. The minimum Gasteiger partial charge on any atom is -0.443 e. The molecule has 0 saturated heterocycles. The van der Waals surface area contributed by atoms with E-state index >= 15 is 0 Å². The van der Waals surface area contributed by atoms with Crippen LogP contribution in [0.5, 0.6) is 0 Å². The number of pyridine rings is 1. The molecule has 0 aromatic carbocycles. The molecule has 1 rings (SSSR count). The lowest BCUT2D eigenvalue weighted by atomic mass is 10.2. The first kappa shape index (κ1) is 15.8. The maximum atomic E-state index is 12.6. The summed E-state index contributed by atoms with van der Waals surface area (Å²) in [6.45, 7) is 3.89. The third-order valence-corrected chi connectivity index (χ3v) is 2.11. The van der Waals surface area contributed by atoms with Crippen molar-refractivity contribution in [2.24, 2.45) is 0 Å². The predicted molar refractivity (Wildman–Crippen MR) is 70.4 cm³/mol. The number of anilines is 1. The summed E-state index contributed by atoms with van der Waals surface area (Å²) in [6.07, 6.45) is -0.803. The lowest BCUT2D eigenvalue weighted by Crippen LogP contribution is -2.38. The van der Waals surface area contributed by atoms with E-state index in [1.165, 1.54) is 18.2 Å². The first-order valence-corrected chi connectivity index (χ1v) is 5.92. The van der Waals surface area contributed by atoms with Crippen molar-refractivity contribution in [3.63, 3.8) is 0 Å². The largest absolute Gasteiger partial charge is 0.443 e.